The molecule has 0 atom stereocenters. The van der Waals surface area contributed by atoms with Gasteiger partial charge in [-0.25, -0.2) is 14.4 Å². The maximum atomic E-state index is 15.3. The number of carbonyl (C=O) groups is 1. The van der Waals surface area contributed by atoms with Crippen molar-refractivity contribution in [1.82, 2.24) is 19.5 Å². The number of ketones is 1. The number of aromatic amines is 1. The molecule has 3 heterocycles. The largest absolute Gasteiger partial charge is 0.435 e. The second-order valence-electron chi connectivity index (χ2n) is 10.3. The molecular weight excluding hydrogens is 531 g/mol. The number of aryl methyl sites for hydroxylation is 1. The van der Waals surface area contributed by atoms with Crippen LogP contribution in [0.15, 0.2) is 90.6 Å². The Morgan fingerprint density at radius 1 is 1.07 bits per heavy atom. The minimum atomic E-state index is -0.655. The Kier molecular flexibility index (Phi) is 6.74. The van der Waals surface area contributed by atoms with Crippen molar-refractivity contribution in [3.05, 3.63) is 124 Å². The molecule has 6 rings (SSSR count). The Bertz CT molecular complexity index is 2090. The lowest BCUT2D eigenvalue weighted by atomic mass is 9.97. The Morgan fingerprint density at radius 3 is 2.60 bits per heavy atom. The molecule has 7 nitrogen and oxygen atoms in total. The number of allylic oxidation sites excluding steroid dienone is 1. The molecule has 3 aromatic carbocycles. The smallest absolute Gasteiger partial charge is 0.232 e. The molecular formula is C34H27FN4O3. The molecule has 208 valence electrons. The first-order valence-corrected chi connectivity index (χ1v) is 13.4. The van der Waals surface area contributed by atoms with Gasteiger partial charge in [-0.2, -0.15) is 0 Å². The molecule has 0 radical (unpaired) electrons. The van der Waals surface area contributed by atoms with E-state index < -0.39 is 5.82 Å². The van der Waals surface area contributed by atoms with E-state index in [1.807, 2.05) is 67.2 Å². The summed E-state index contributed by atoms with van der Waals surface area (Å²) in [5, 5.41) is 1.07. The monoisotopic (exact) mass is 558 g/mol. The van der Waals surface area contributed by atoms with Crippen LogP contribution in [0.2, 0.25) is 0 Å². The third kappa shape index (κ3) is 4.66. The van der Waals surface area contributed by atoms with Crippen LogP contribution in [0, 0.1) is 12.7 Å². The predicted molar refractivity (Wildman–Crippen MR) is 162 cm³/mol. The lowest BCUT2D eigenvalue weighted by Crippen LogP contribution is -2.23. The van der Waals surface area contributed by atoms with E-state index in [-0.39, 0.29) is 34.8 Å². The number of aromatic nitrogens is 4. The normalized spacial score (nSPS) is 11.2. The Morgan fingerprint density at radius 2 is 1.86 bits per heavy atom. The fourth-order valence-corrected chi connectivity index (χ4v) is 5.22. The molecule has 0 aliphatic carbocycles. The molecule has 8 heteroatoms. The fraction of sp³-hybridized carbons (Fsp3) is 0.118. The highest BCUT2D eigenvalue weighted by Crippen LogP contribution is 2.36. The first-order chi connectivity index (χ1) is 20.2. The molecule has 42 heavy (non-hydrogen) atoms. The SMILES string of the molecule is C=C(C)c1ccc2c(c1)c(=O)c(C(=O)Cc1ccc(Oc3ncnc4[nH]cc(-c5ccccc5)c34)c(F)c1)c(C)n2C. The van der Waals surface area contributed by atoms with Gasteiger partial charge in [-0.05, 0) is 54.8 Å². The number of nitrogens with zero attached hydrogens (tertiary/aromatic N) is 3. The second-order valence-corrected chi connectivity index (χ2v) is 10.3. The molecule has 0 spiro atoms. The molecule has 0 fully saturated rings. The highest BCUT2D eigenvalue weighted by molar-refractivity contribution is 6.01. The van der Waals surface area contributed by atoms with Gasteiger partial charge in [0, 0.05) is 36.3 Å². The molecule has 0 saturated heterocycles. The van der Waals surface area contributed by atoms with Crippen LogP contribution in [0.25, 0.3) is 38.6 Å². The molecule has 1 N–H and O–H groups in total. The highest BCUT2D eigenvalue weighted by atomic mass is 19.1. The highest BCUT2D eigenvalue weighted by Gasteiger charge is 2.21. The molecule has 0 unspecified atom stereocenters. The van der Waals surface area contributed by atoms with Crippen molar-refractivity contribution in [2.24, 2.45) is 7.05 Å². The average Bonchev–Trinajstić information content (AvgIpc) is 3.43. The summed E-state index contributed by atoms with van der Waals surface area (Å²) in [6.45, 7) is 7.56. The van der Waals surface area contributed by atoms with Crippen molar-refractivity contribution in [3.63, 3.8) is 0 Å². The van der Waals surface area contributed by atoms with E-state index >= 15 is 4.39 Å². The van der Waals surface area contributed by atoms with Crippen LogP contribution in [0.5, 0.6) is 11.6 Å². The number of pyridine rings is 1. The Labute approximate surface area is 241 Å². The number of nitrogens with one attached hydrogen (secondary N) is 1. The minimum Gasteiger partial charge on any atom is -0.435 e. The molecule has 0 bridgehead atoms. The first kappa shape index (κ1) is 26.8. The summed E-state index contributed by atoms with van der Waals surface area (Å²) < 4.78 is 23.1. The zero-order chi connectivity index (χ0) is 29.5. The van der Waals surface area contributed by atoms with E-state index in [0.717, 1.165) is 27.8 Å². The summed E-state index contributed by atoms with van der Waals surface area (Å²) in [6, 6.07) is 19.5. The number of hydrogen-bond acceptors (Lipinski definition) is 5. The fourth-order valence-electron chi connectivity index (χ4n) is 5.22. The van der Waals surface area contributed by atoms with E-state index in [0.29, 0.717) is 27.7 Å². The van der Waals surface area contributed by atoms with E-state index in [2.05, 4.69) is 21.5 Å². The topological polar surface area (TPSA) is 89.9 Å². The second kappa shape index (κ2) is 10.6. The van der Waals surface area contributed by atoms with Crippen molar-refractivity contribution in [1.29, 1.82) is 0 Å². The van der Waals surface area contributed by atoms with Crippen LogP contribution < -0.4 is 10.2 Å². The van der Waals surface area contributed by atoms with Crippen molar-refractivity contribution in [2.45, 2.75) is 20.3 Å². The van der Waals surface area contributed by atoms with Gasteiger partial charge in [0.25, 0.3) is 0 Å². The van der Waals surface area contributed by atoms with Crippen molar-refractivity contribution in [2.75, 3.05) is 0 Å². The van der Waals surface area contributed by atoms with Gasteiger partial charge in [-0.1, -0.05) is 54.6 Å². The summed E-state index contributed by atoms with van der Waals surface area (Å²) in [7, 11) is 1.82. The average molecular weight is 559 g/mol. The Hall–Kier alpha value is -5.37. The quantitative estimate of drug-likeness (QED) is 0.210. The zero-order valence-corrected chi connectivity index (χ0v) is 23.4. The van der Waals surface area contributed by atoms with Gasteiger partial charge in [0.2, 0.25) is 5.88 Å². The first-order valence-electron chi connectivity index (χ1n) is 13.4. The number of halogens is 1. The van der Waals surface area contributed by atoms with Gasteiger partial charge in [0.05, 0.1) is 16.5 Å². The maximum Gasteiger partial charge on any atom is 0.232 e. The zero-order valence-electron chi connectivity index (χ0n) is 23.4. The predicted octanol–water partition coefficient (Wildman–Crippen LogP) is 7.18. The standard InChI is InChI=1S/C34H27FN4O3/c1-19(2)23-11-12-27-24(16-23)32(41)30(20(3)39(27)4)28(40)15-21-10-13-29(26(35)14-21)42-34-31-25(22-8-6-5-7-9-22)17-36-33(31)37-18-38-34/h5-14,16-18H,1,15H2,2-4H3,(H,36,37,38). The van der Waals surface area contributed by atoms with Gasteiger partial charge in [-0.3, -0.25) is 9.59 Å². The van der Waals surface area contributed by atoms with Crippen molar-refractivity contribution in [3.8, 4) is 22.8 Å². The molecule has 0 amide bonds. The number of benzene rings is 3. The van der Waals surface area contributed by atoms with Crippen LogP contribution in [-0.2, 0) is 13.5 Å². The number of ether oxygens (including phenoxy) is 1. The van der Waals surface area contributed by atoms with Gasteiger partial charge in [0.1, 0.15) is 12.0 Å². The summed E-state index contributed by atoms with van der Waals surface area (Å²) >= 11 is 0. The van der Waals surface area contributed by atoms with Crippen LogP contribution >= 0.6 is 0 Å². The van der Waals surface area contributed by atoms with Gasteiger partial charge < -0.3 is 14.3 Å². The number of rotatable bonds is 7. The van der Waals surface area contributed by atoms with E-state index in [1.165, 1.54) is 18.5 Å². The Balaban J connectivity index is 1.31. The molecule has 6 aromatic rings. The number of hydrogen-bond donors (Lipinski definition) is 1. The van der Waals surface area contributed by atoms with Crippen LogP contribution in [0.3, 0.4) is 0 Å². The molecule has 0 aliphatic rings. The molecule has 0 aliphatic heterocycles. The number of H-pyrrole nitrogens is 1. The summed E-state index contributed by atoms with van der Waals surface area (Å²) in [5.74, 6) is -0.886. The summed E-state index contributed by atoms with van der Waals surface area (Å²) in [6.07, 6.45) is 3.01. The van der Waals surface area contributed by atoms with Crippen LogP contribution in [0.1, 0.15) is 34.1 Å². The van der Waals surface area contributed by atoms with E-state index in [9.17, 15) is 9.59 Å². The van der Waals surface area contributed by atoms with E-state index in [4.69, 9.17) is 4.74 Å². The summed E-state index contributed by atoms with van der Waals surface area (Å²) in [4.78, 5) is 38.6. The molecule has 0 saturated carbocycles. The van der Waals surface area contributed by atoms with E-state index in [1.54, 1.807) is 19.1 Å². The summed E-state index contributed by atoms with van der Waals surface area (Å²) in [5.41, 5.74) is 5.41. The van der Waals surface area contributed by atoms with Crippen molar-refractivity contribution < 1.29 is 13.9 Å². The van der Waals surface area contributed by atoms with Gasteiger partial charge in [0.15, 0.2) is 22.8 Å². The number of fused-ring (bicyclic) bond motifs is 2. The third-order valence-electron chi connectivity index (χ3n) is 7.55. The van der Waals surface area contributed by atoms with Gasteiger partial charge in [-0.15, -0.1) is 0 Å². The molecule has 3 aromatic heterocycles. The van der Waals surface area contributed by atoms with Crippen LogP contribution in [-0.4, -0.2) is 25.3 Å². The lowest BCUT2D eigenvalue weighted by molar-refractivity contribution is 0.0990. The minimum absolute atomic E-state index is 0.0449. The lowest BCUT2D eigenvalue weighted by Gasteiger charge is -2.15. The maximum absolute atomic E-state index is 15.3. The number of carbonyl (C=O) groups excluding carboxylic acids is 1. The third-order valence-corrected chi connectivity index (χ3v) is 7.55. The number of Topliss-reactive ketones (excluding diaryl/α,β-unsaturated/α-hetero) is 1. The van der Waals surface area contributed by atoms with Crippen molar-refractivity contribution >= 4 is 33.3 Å². The van der Waals surface area contributed by atoms with Gasteiger partial charge >= 0.3 is 0 Å². The van der Waals surface area contributed by atoms with Crippen LogP contribution in [0.4, 0.5) is 4.39 Å².